The van der Waals surface area contributed by atoms with Crippen molar-refractivity contribution in [1.82, 2.24) is 5.32 Å². The van der Waals surface area contributed by atoms with E-state index in [4.69, 9.17) is 0 Å². The predicted octanol–water partition coefficient (Wildman–Crippen LogP) is 2.92. The zero-order chi connectivity index (χ0) is 10.6. The van der Waals surface area contributed by atoms with E-state index in [0.717, 1.165) is 25.8 Å². The molecule has 0 aliphatic rings. The van der Waals surface area contributed by atoms with Crippen molar-refractivity contribution < 1.29 is 4.79 Å². The van der Waals surface area contributed by atoms with E-state index in [0.29, 0.717) is 12.3 Å². The molecule has 2 nitrogen and oxygen atoms in total. The van der Waals surface area contributed by atoms with E-state index >= 15 is 0 Å². The van der Waals surface area contributed by atoms with Gasteiger partial charge in [-0.15, -0.1) is 0 Å². The lowest BCUT2D eigenvalue weighted by molar-refractivity contribution is -0.118. The van der Waals surface area contributed by atoms with Gasteiger partial charge < -0.3 is 5.32 Å². The van der Waals surface area contributed by atoms with E-state index in [1.165, 1.54) is 25.7 Å². The Morgan fingerprint density at radius 2 is 1.71 bits per heavy atom. The Bertz CT molecular complexity index is 134. The summed E-state index contributed by atoms with van der Waals surface area (Å²) in [6.45, 7) is 5.85. The normalized spacial score (nSPS) is 10.4. The molecule has 0 aliphatic carbocycles. The van der Waals surface area contributed by atoms with E-state index < -0.39 is 0 Å². The van der Waals surface area contributed by atoms with Crippen LogP contribution in [0.1, 0.15) is 58.8 Å². The van der Waals surface area contributed by atoms with Gasteiger partial charge in [-0.3, -0.25) is 4.79 Å². The van der Waals surface area contributed by atoms with Crippen LogP contribution in [0.2, 0.25) is 0 Å². The SMILES string of the molecule is CCCCCCCC(=O)CNCCC. The van der Waals surface area contributed by atoms with Crippen molar-refractivity contribution in [3.8, 4) is 0 Å². The summed E-state index contributed by atoms with van der Waals surface area (Å²) in [7, 11) is 0. The van der Waals surface area contributed by atoms with Crippen LogP contribution < -0.4 is 5.32 Å². The van der Waals surface area contributed by atoms with Crippen LogP contribution in [0.3, 0.4) is 0 Å². The summed E-state index contributed by atoms with van der Waals surface area (Å²) in [5.41, 5.74) is 0. The Labute approximate surface area is 88.5 Å². The first kappa shape index (κ1) is 13.6. The first-order valence-corrected chi connectivity index (χ1v) is 6.03. The maximum Gasteiger partial charge on any atom is 0.146 e. The fraction of sp³-hybridized carbons (Fsp3) is 0.917. The van der Waals surface area contributed by atoms with Gasteiger partial charge in [-0.1, -0.05) is 39.5 Å². The van der Waals surface area contributed by atoms with E-state index in [1.807, 2.05) is 0 Å². The Morgan fingerprint density at radius 1 is 1.00 bits per heavy atom. The summed E-state index contributed by atoms with van der Waals surface area (Å²) in [6.07, 6.45) is 8.02. The van der Waals surface area contributed by atoms with E-state index in [1.54, 1.807) is 0 Å². The number of nitrogens with one attached hydrogen (secondary N) is 1. The van der Waals surface area contributed by atoms with Gasteiger partial charge in [0.1, 0.15) is 5.78 Å². The molecule has 0 bridgehead atoms. The largest absolute Gasteiger partial charge is 0.310 e. The van der Waals surface area contributed by atoms with Gasteiger partial charge in [0, 0.05) is 6.42 Å². The van der Waals surface area contributed by atoms with Crippen LogP contribution in [-0.2, 0) is 4.79 Å². The minimum absolute atomic E-state index is 0.370. The first-order chi connectivity index (χ1) is 6.81. The molecule has 0 aliphatic heterocycles. The van der Waals surface area contributed by atoms with Gasteiger partial charge in [-0.2, -0.15) is 0 Å². The molecular weight excluding hydrogens is 174 g/mol. The van der Waals surface area contributed by atoms with Gasteiger partial charge in [0.25, 0.3) is 0 Å². The van der Waals surface area contributed by atoms with Gasteiger partial charge in [0.05, 0.1) is 6.54 Å². The smallest absolute Gasteiger partial charge is 0.146 e. The quantitative estimate of drug-likeness (QED) is 0.548. The fourth-order valence-electron chi connectivity index (χ4n) is 1.42. The molecule has 0 rings (SSSR count). The Hall–Kier alpha value is -0.370. The average Bonchev–Trinajstić information content (AvgIpc) is 2.18. The molecule has 0 aromatic heterocycles. The summed E-state index contributed by atoms with van der Waals surface area (Å²) < 4.78 is 0. The number of Topliss-reactive ketones (excluding diaryl/α,β-unsaturated/α-hetero) is 1. The van der Waals surface area contributed by atoms with Gasteiger partial charge in [-0.05, 0) is 19.4 Å². The summed E-state index contributed by atoms with van der Waals surface area (Å²) >= 11 is 0. The monoisotopic (exact) mass is 199 g/mol. The van der Waals surface area contributed by atoms with Crippen LogP contribution in [0, 0.1) is 0 Å². The second-order valence-corrected chi connectivity index (χ2v) is 3.88. The van der Waals surface area contributed by atoms with Crippen molar-refractivity contribution in [2.75, 3.05) is 13.1 Å². The molecule has 0 unspecified atom stereocenters. The molecule has 0 aromatic carbocycles. The van der Waals surface area contributed by atoms with Crippen LogP contribution in [0.25, 0.3) is 0 Å². The van der Waals surface area contributed by atoms with Crippen LogP contribution in [-0.4, -0.2) is 18.9 Å². The zero-order valence-corrected chi connectivity index (χ0v) is 9.77. The molecular formula is C12H25NO. The van der Waals surface area contributed by atoms with Crippen molar-refractivity contribution in [3.63, 3.8) is 0 Å². The highest BCUT2D eigenvalue weighted by molar-refractivity contribution is 5.80. The molecule has 14 heavy (non-hydrogen) atoms. The van der Waals surface area contributed by atoms with Gasteiger partial charge in [0.15, 0.2) is 0 Å². The molecule has 0 spiro atoms. The van der Waals surface area contributed by atoms with E-state index in [2.05, 4.69) is 19.2 Å². The van der Waals surface area contributed by atoms with Crippen LogP contribution >= 0.6 is 0 Å². The molecule has 0 amide bonds. The van der Waals surface area contributed by atoms with Crippen molar-refractivity contribution in [3.05, 3.63) is 0 Å². The lowest BCUT2D eigenvalue weighted by Crippen LogP contribution is -2.23. The molecule has 0 saturated carbocycles. The first-order valence-electron chi connectivity index (χ1n) is 6.03. The number of carbonyl (C=O) groups excluding carboxylic acids is 1. The standard InChI is InChI=1S/C12H25NO/c1-3-5-6-7-8-9-12(14)11-13-10-4-2/h13H,3-11H2,1-2H3. The average molecular weight is 199 g/mol. The maximum absolute atomic E-state index is 11.3. The van der Waals surface area contributed by atoms with Crippen LogP contribution in [0.5, 0.6) is 0 Å². The van der Waals surface area contributed by atoms with Crippen molar-refractivity contribution in [1.29, 1.82) is 0 Å². The highest BCUT2D eigenvalue weighted by atomic mass is 16.1. The number of hydrogen-bond acceptors (Lipinski definition) is 2. The lowest BCUT2D eigenvalue weighted by Gasteiger charge is -2.02. The summed E-state index contributed by atoms with van der Waals surface area (Å²) in [5.74, 6) is 0.370. The van der Waals surface area contributed by atoms with Gasteiger partial charge in [0.2, 0.25) is 0 Å². The van der Waals surface area contributed by atoms with Crippen LogP contribution in [0.4, 0.5) is 0 Å². The second kappa shape index (κ2) is 10.7. The Balaban J connectivity index is 3.10. The van der Waals surface area contributed by atoms with Crippen molar-refractivity contribution >= 4 is 5.78 Å². The minimum atomic E-state index is 0.370. The molecule has 0 radical (unpaired) electrons. The molecule has 84 valence electrons. The molecule has 0 heterocycles. The predicted molar refractivity (Wildman–Crippen MR) is 61.5 cm³/mol. The topological polar surface area (TPSA) is 29.1 Å². The van der Waals surface area contributed by atoms with Crippen molar-refractivity contribution in [2.24, 2.45) is 0 Å². The fourth-order valence-corrected chi connectivity index (χ4v) is 1.42. The number of carbonyl (C=O) groups is 1. The van der Waals surface area contributed by atoms with Gasteiger partial charge in [-0.25, -0.2) is 0 Å². The number of unbranched alkanes of at least 4 members (excludes halogenated alkanes) is 4. The number of rotatable bonds is 10. The van der Waals surface area contributed by atoms with Crippen LogP contribution in [0.15, 0.2) is 0 Å². The minimum Gasteiger partial charge on any atom is -0.310 e. The Morgan fingerprint density at radius 3 is 2.36 bits per heavy atom. The molecule has 0 fully saturated rings. The molecule has 0 saturated heterocycles. The van der Waals surface area contributed by atoms with E-state index in [-0.39, 0.29) is 0 Å². The molecule has 2 heteroatoms. The van der Waals surface area contributed by atoms with Gasteiger partial charge >= 0.3 is 0 Å². The van der Waals surface area contributed by atoms with E-state index in [9.17, 15) is 4.79 Å². The molecule has 0 aromatic rings. The lowest BCUT2D eigenvalue weighted by atomic mass is 10.1. The highest BCUT2D eigenvalue weighted by Gasteiger charge is 1.99. The number of ketones is 1. The summed E-state index contributed by atoms with van der Waals surface area (Å²) in [4.78, 5) is 11.3. The third-order valence-electron chi connectivity index (χ3n) is 2.31. The summed E-state index contributed by atoms with van der Waals surface area (Å²) in [5, 5.41) is 3.14. The zero-order valence-electron chi connectivity index (χ0n) is 9.77. The number of hydrogen-bond donors (Lipinski definition) is 1. The molecule has 1 N–H and O–H groups in total. The molecule has 0 atom stereocenters. The maximum atomic E-state index is 11.3. The summed E-state index contributed by atoms with van der Waals surface area (Å²) in [6, 6.07) is 0. The highest BCUT2D eigenvalue weighted by Crippen LogP contribution is 2.04. The Kier molecular flexibility index (Phi) is 10.4. The second-order valence-electron chi connectivity index (χ2n) is 3.88. The van der Waals surface area contributed by atoms with Crippen molar-refractivity contribution in [2.45, 2.75) is 58.8 Å². The third-order valence-corrected chi connectivity index (χ3v) is 2.31. The third kappa shape index (κ3) is 9.72.